The molecule has 2 N–H and O–H groups in total. The van der Waals surface area contributed by atoms with Crippen LogP contribution in [0.5, 0.6) is 6.01 Å². The third-order valence-corrected chi connectivity index (χ3v) is 12.2. The van der Waals surface area contributed by atoms with Crippen LogP contribution in [0.15, 0.2) is 18.2 Å². The number of nitrogens with zero attached hydrogens (tertiary/aromatic N) is 7. The molecule has 3 unspecified atom stereocenters. The van der Waals surface area contributed by atoms with Gasteiger partial charge < -0.3 is 25.2 Å². The van der Waals surface area contributed by atoms with Crippen molar-refractivity contribution in [2.75, 3.05) is 63.1 Å². The number of nitriles is 1. The number of hydrogen-bond acceptors (Lipinski definition) is 9. The summed E-state index contributed by atoms with van der Waals surface area (Å²) in [6, 6.07) is 3.27. The average Bonchev–Trinajstić information content (AvgIpc) is 3.93. The molecular weight excluding hydrogens is 766 g/mol. The summed E-state index contributed by atoms with van der Waals surface area (Å²) in [7, 11) is 0. The van der Waals surface area contributed by atoms with Crippen LogP contribution in [0.1, 0.15) is 57.6 Å². The SMILES string of the molecule is CC.CCN(c1nc(OCC23CCCN2CC(F)C3)nc2c(F)c(-c3ccc(F)c4sc(N)c(C#N)c34)c(C(F)(F)F)cc12)C1CCN(C(=O)N2CC(F)C2)C1. The molecule has 3 atom stereocenters. The van der Waals surface area contributed by atoms with Gasteiger partial charge in [0.2, 0.25) is 0 Å². The van der Waals surface area contributed by atoms with Crippen LogP contribution in [-0.4, -0.2) is 107 Å². The van der Waals surface area contributed by atoms with E-state index in [-0.39, 0.29) is 89.6 Å². The number of urea groups is 1. The number of benzene rings is 2. The van der Waals surface area contributed by atoms with E-state index in [0.717, 1.165) is 24.6 Å². The number of halogens is 7. The first kappa shape index (κ1) is 39.6. The highest BCUT2D eigenvalue weighted by molar-refractivity contribution is 7.23. The number of ether oxygens (including phenoxy) is 1. The van der Waals surface area contributed by atoms with Gasteiger partial charge in [0.25, 0.3) is 0 Å². The van der Waals surface area contributed by atoms with E-state index in [1.54, 1.807) is 16.7 Å². The van der Waals surface area contributed by atoms with E-state index in [1.165, 1.54) is 4.90 Å². The lowest BCUT2D eigenvalue weighted by Gasteiger charge is -2.37. The molecule has 4 aromatic rings. The monoisotopic (exact) mass is 806 g/mol. The third-order valence-electron chi connectivity index (χ3n) is 11.2. The molecule has 4 aliphatic rings. The van der Waals surface area contributed by atoms with Gasteiger partial charge in [-0.1, -0.05) is 19.9 Å². The number of carbonyl (C=O) groups is 1. The highest BCUT2D eigenvalue weighted by Gasteiger charge is 2.49. The van der Waals surface area contributed by atoms with Gasteiger partial charge in [-0.15, -0.1) is 11.3 Å². The normalized spacial score (nSPS) is 22.6. The van der Waals surface area contributed by atoms with Gasteiger partial charge in [-0.3, -0.25) is 4.90 Å². The smallest absolute Gasteiger partial charge is 0.417 e. The Morgan fingerprint density at radius 1 is 1.11 bits per heavy atom. The number of nitrogens with two attached hydrogens (primary N) is 1. The zero-order valence-corrected chi connectivity index (χ0v) is 31.8. The largest absolute Gasteiger partial charge is 0.461 e. The number of nitrogen functional groups attached to an aromatic ring is 1. The molecule has 4 saturated heterocycles. The predicted octanol–water partition coefficient (Wildman–Crippen LogP) is 7.92. The lowest BCUT2D eigenvalue weighted by atomic mass is 9.92. The van der Waals surface area contributed by atoms with Crippen molar-refractivity contribution in [3.63, 3.8) is 0 Å². The lowest BCUT2D eigenvalue weighted by Crippen LogP contribution is -2.56. The summed E-state index contributed by atoms with van der Waals surface area (Å²) in [5.74, 6) is -2.32. The molecule has 0 saturated carbocycles. The van der Waals surface area contributed by atoms with Crippen molar-refractivity contribution in [1.82, 2.24) is 24.7 Å². The van der Waals surface area contributed by atoms with Gasteiger partial charge >= 0.3 is 18.2 Å². The summed E-state index contributed by atoms with van der Waals surface area (Å²) in [4.78, 5) is 28.6. The Bertz CT molecular complexity index is 2210. The lowest BCUT2D eigenvalue weighted by molar-refractivity contribution is -0.137. The van der Waals surface area contributed by atoms with E-state index < -0.39 is 63.9 Å². The quantitative estimate of drug-likeness (QED) is 0.188. The summed E-state index contributed by atoms with van der Waals surface area (Å²) >= 11 is 0.666. The topological polar surface area (TPSA) is 115 Å². The fraction of sp³-hybridized carbons (Fsp3) is 0.526. The fourth-order valence-corrected chi connectivity index (χ4v) is 9.60. The maximum atomic E-state index is 17.2. The van der Waals surface area contributed by atoms with Crippen LogP contribution in [0, 0.1) is 23.0 Å². The van der Waals surface area contributed by atoms with Gasteiger partial charge in [0, 0.05) is 55.0 Å². The molecule has 0 bridgehead atoms. The maximum absolute atomic E-state index is 17.2. The standard InChI is InChI=1S/C36H35F7N8O2S.C2H6/c1-2-51(20-6-9-48(16-20)34(52)49-13-19(38)14-49)32-22-10-24(36(41,42)43)27(21-4-5-25(39)30-26(21)23(12-44)31(45)54-30)28(40)29(22)46-33(47-32)53-17-35-7-3-8-50(35)15-18(37)11-35;1-2/h4-5,10,18-20H,2-3,6-9,11,13-17,45H2,1H3;1-2H3. The van der Waals surface area contributed by atoms with Crippen molar-refractivity contribution >= 4 is 49.2 Å². The molecule has 2 aromatic heterocycles. The fourth-order valence-electron chi connectivity index (χ4n) is 8.65. The highest BCUT2D eigenvalue weighted by atomic mass is 32.1. The van der Waals surface area contributed by atoms with Gasteiger partial charge in [0.1, 0.15) is 47.2 Å². The Balaban J connectivity index is 0.00000237. The molecule has 4 aliphatic heterocycles. The van der Waals surface area contributed by atoms with Crippen LogP contribution >= 0.6 is 11.3 Å². The summed E-state index contributed by atoms with van der Waals surface area (Å²) in [6.45, 7) is 7.17. The summed E-state index contributed by atoms with van der Waals surface area (Å²) < 4.78 is 112. The number of thiophene rings is 1. The number of alkyl halides is 5. The van der Waals surface area contributed by atoms with Gasteiger partial charge in [-0.2, -0.15) is 28.4 Å². The number of rotatable bonds is 7. The van der Waals surface area contributed by atoms with E-state index >= 15 is 17.6 Å². The molecule has 4 fully saturated rings. The number of anilines is 2. The second-order valence-corrected chi connectivity index (χ2v) is 15.5. The first-order valence-corrected chi connectivity index (χ1v) is 19.5. The molecule has 2 amide bonds. The van der Waals surface area contributed by atoms with Crippen LogP contribution in [0.2, 0.25) is 0 Å². The molecule has 10 nitrogen and oxygen atoms in total. The molecule has 2 aromatic carbocycles. The maximum Gasteiger partial charge on any atom is 0.417 e. The molecular formula is C38H41F7N8O2S. The molecule has 56 heavy (non-hydrogen) atoms. The van der Waals surface area contributed by atoms with Gasteiger partial charge in [-0.05, 0) is 50.4 Å². The number of aromatic nitrogens is 2. The second kappa shape index (κ2) is 15.0. The summed E-state index contributed by atoms with van der Waals surface area (Å²) in [6.07, 6.45) is -5.28. The van der Waals surface area contributed by atoms with E-state index in [2.05, 4.69) is 9.97 Å². The van der Waals surface area contributed by atoms with E-state index in [4.69, 9.17) is 10.5 Å². The van der Waals surface area contributed by atoms with Crippen LogP contribution < -0.4 is 15.4 Å². The zero-order chi connectivity index (χ0) is 40.3. The van der Waals surface area contributed by atoms with Crippen LogP contribution in [0.3, 0.4) is 0 Å². The van der Waals surface area contributed by atoms with Crippen LogP contribution in [0.4, 0.5) is 46.3 Å². The average molecular weight is 807 g/mol. The minimum atomic E-state index is -5.15. The Hall–Kier alpha value is -4.63. The van der Waals surface area contributed by atoms with Gasteiger partial charge in [0.15, 0.2) is 5.82 Å². The number of hydrogen-bond donors (Lipinski definition) is 1. The van der Waals surface area contributed by atoms with E-state index in [1.807, 2.05) is 24.8 Å². The van der Waals surface area contributed by atoms with E-state index in [0.29, 0.717) is 37.3 Å². The first-order chi connectivity index (χ1) is 26.7. The van der Waals surface area contributed by atoms with Crippen molar-refractivity contribution in [3.05, 3.63) is 41.0 Å². The number of amides is 2. The van der Waals surface area contributed by atoms with Crippen molar-refractivity contribution in [3.8, 4) is 23.2 Å². The molecule has 0 spiro atoms. The van der Waals surface area contributed by atoms with Gasteiger partial charge in [-0.25, -0.2) is 22.4 Å². The van der Waals surface area contributed by atoms with Crippen LogP contribution in [0.25, 0.3) is 32.1 Å². The number of fused-ring (bicyclic) bond motifs is 3. The van der Waals surface area contributed by atoms with Crippen molar-refractivity contribution in [2.45, 2.75) is 76.6 Å². The number of carbonyl (C=O) groups excluding carboxylic acids is 1. The number of likely N-dealkylation sites (tertiary alicyclic amines) is 2. The van der Waals surface area contributed by atoms with Crippen molar-refractivity contribution in [1.29, 1.82) is 5.26 Å². The molecule has 0 aliphatic carbocycles. The Morgan fingerprint density at radius 3 is 2.54 bits per heavy atom. The van der Waals surface area contributed by atoms with Gasteiger partial charge in [0.05, 0.1) is 34.5 Å². The molecule has 300 valence electrons. The first-order valence-electron chi connectivity index (χ1n) is 18.7. The second-order valence-electron chi connectivity index (χ2n) is 14.4. The Morgan fingerprint density at radius 2 is 1.86 bits per heavy atom. The Kier molecular flexibility index (Phi) is 10.6. The summed E-state index contributed by atoms with van der Waals surface area (Å²) in [5.41, 5.74) is 1.75. The van der Waals surface area contributed by atoms with E-state index in [9.17, 15) is 23.2 Å². The third kappa shape index (κ3) is 6.69. The zero-order valence-electron chi connectivity index (χ0n) is 31.0. The van der Waals surface area contributed by atoms with Crippen molar-refractivity contribution in [2.24, 2.45) is 0 Å². The Labute approximate surface area is 322 Å². The predicted molar refractivity (Wildman–Crippen MR) is 199 cm³/mol. The molecule has 8 rings (SSSR count). The minimum absolute atomic E-state index is 0.0210. The highest BCUT2D eigenvalue weighted by Crippen LogP contribution is 2.48. The molecule has 6 heterocycles. The summed E-state index contributed by atoms with van der Waals surface area (Å²) in [5, 5.41) is 9.18. The molecule has 18 heteroatoms. The minimum Gasteiger partial charge on any atom is -0.461 e. The molecule has 0 radical (unpaired) electrons. The number of likely N-dealkylation sites (N-methyl/N-ethyl adjacent to an activating group) is 1. The van der Waals surface area contributed by atoms with Crippen LogP contribution in [-0.2, 0) is 6.18 Å². The van der Waals surface area contributed by atoms with Crippen molar-refractivity contribution < 1.29 is 40.3 Å².